The van der Waals surface area contributed by atoms with Crippen molar-refractivity contribution >= 4 is 17.5 Å². The minimum atomic E-state index is -0.292. The normalized spacial score (nSPS) is 10.4. The number of aromatic nitrogens is 4. The van der Waals surface area contributed by atoms with Gasteiger partial charge in [0.2, 0.25) is 0 Å². The van der Waals surface area contributed by atoms with Crippen molar-refractivity contribution in [3.63, 3.8) is 0 Å². The first-order valence-corrected chi connectivity index (χ1v) is 9.24. The fourth-order valence-corrected chi connectivity index (χ4v) is 2.88. The number of rotatable bonds is 6. The van der Waals surface area contributed by atoms with Crippen molar-refractivity contribution in [2.45, 2.75) is 6.54 Å². The lowest BCUT2D eigenvalue weighted by Gasteiger charge is -2.11. The average Bonchev–Trinajstić information content (AvgIpc) is 3.33. The summed E-state index contributed by atoms with van der Waals surface area (Å²) in [6.07, 6.45) is 8.22. The van der Waals surface area contributed by atoms with Crippen LogP contribution < -0.4 is 10.6 Å². The van der Waals surface area contributed by atoms with Crippen LogP contribution in [0.5, 0.6) is 0 Å². The van der Waals surface area contributed by atoms with E-state index in [0.29, 0.717) is 22.6 Å². The van der Waals surface area contributed by atoms with E-state index in [4.69, 9.17) is 0 Å². The minimum absolute atomic E-state index is 0.261. The quantitative estimate of drug-likeness (QED) is 0.520. The SMILES string of the molecule is O=C(NCc1cccnc1-n1cccn1)c1cccc(NC(=O)c2cccnc2)c1. The van der Waals surface area contributed by atoms with Crippen LogP contribution in [0, 0.1) is 0 Å². The molecule has 0 radical (unpaired) electrons. The molecule has 1 aromatic carbocycles. The summed E-state index contributed by atoms with van der Waals surface area (Å²) in [5, 5.41) is 9.85. The minimum Gasteiger partial charge on any atom is -0.348 e. The average molecular weight is 398 g/mol. The van der Waals surface area contributed by atoms with E-state index in [1.165, 1.54) is 6.20 Å². The highest BCUT2D eigenvalue weighted by Crippen LogP contribution is 2.14. The number of hydrogen-bond donors (Lipinski definition) is 2. The molecule has 0 atom stereocenters. The van der Waals surface area contributed by atoms with Crippen molar-refractivity contribution in [1.82, 2.24) is 25.1 Å². The van der Waals surface area contributed by atoms with Crippen LogP contribution in [0.1, 0.15) is 26.3 Å². The van der Waals surface area contributed by atoms with Crippen LogP contribution in [0.25, 0.3) is 5.82 Å². The Bertz CT molecular complexity index is 1160. The van der Waals surface area contributed by atoms with Crippen LogP contribution in [-0.2, 0) is 6.54 Å². The maximum Gasteiger partial charge on any atom is 0.257 e. The Morgan fingerprint density at radius 3 is 2.57 bits per heavy atom. The van der Waals surface area contributed by atoms with Gasteiger partial charge in [-0.15, -0.1) is 0 Å². The van der Waals surface area contributed by atoms with Crippen molar-refractivity contribution < 1.29 is 9.59 Å². The molecular formula is C22H18N6O2. The van der Waals surface area contributed by atoms with Crippen LogP contribution in [0.4, 0.5) is 5.69 Å². The first kappa shape index (κ1) is 19.0. The number of carbonyl (C=O) groups excluding carboxylic acids is 2. The van der Waals surface area contributed by atoms with Gasteiger partial charge in [0.05, 0.1) is 5.56 Å². The number of anilines is 1. The van der Waals surface area contributed by atoms with Crippen LogP contribution in [0.2, 0.25) is 0 Å². The number of benzene rings is 1. The molecule has 8 heteroatoms. The molecule has 0 aliphatic rings. The maximum atomic E-state index is 12.6. The monoisotopic (exact) mass is 398 g/mol. The van der Waals surface area contributed by atoms with Gasteiger partial charge in [-0.1, -0.05) is 12.1 Å². The predicted molar refractivity (Wildman–Crippen MR) is 111 cm³/mol. The summed E-state index contributed by atoms with van der Waals surface area (Å²) in [5.41, 5.74) is 2.23. The largest absolute Gasteiger partial charge is 0.348 e. The molecule has 0 bridgehead atoms. The first-order valence-electron chi connectivity index (χ1n) is 9.24. The van der Waals surface area contributed by atoms with E-state index in [9.17, 15) is 9.59 Å². The van der Waals surface area contributed by atoms with E-state index in [1.807, 2.05) is 18.2 Å². The summed E-state index contributed by atoms with van der Waals surface area (Å²) in [7, 11) is 0. The molecular weight excluding hydrogens is 380 g/mol. The Labute approximate surface area is 172 Å². The molecule has 2 N–H and O–H groups in total. The summed E-state index contributed by atoms with van der Waals surface area (Å²) in [6.45, 7) is 0.286. The molecule has 0 fully saturated rings. The van der Waals surface area contributed by atoms with E-state index < -0.39 is 0 Å². The third-order valence-electron chi connectivity index (χ3n) is 4.33. The van der Waals surface area contributed by atoms with Crippen LogP contribution in [0.3, 0.4) is 0 Å². The molecule has 2 amide bonds. The second-order valence-corrected chi connectivity index (χ2v) is 6.40. The molecule has 3 heterocycles. The Morgan fingerprint density at radius 2 is 1.77 bits per heavy atom. The Morgan fingerprint density at radius 1 is 0.900 bits per heavy atom. The van der Waals surface area contributed by atoms with Crippen molar-refractivity contribution in [2.24, 2.45) is 0 Å². The molecule has 0 saturated heterocycles. The van der Waals surface area contributed by atoms with Crippen LogP contribution in [-0.4, -0.2) is 31.6 Å². The van der Waals surface area contributed by atoms with Gasteiger partial charge >= 0.3 is 0 Å². The molecule has 0 unspecified atom stereocenters. The zero-order valence-electron chi connectivity index (χ0n) is 15.9. The number of nitrogens with zero attached hydrogens (tertiary/aromatic N) is 4. The topological polar surface area (TPSA) is 102 Å². The third-order valence-corrected chi connectivity index (χ3v) is 4.33. The zero-order valence-corrected chi connectivity index (χ0v) is 15.9. The fraction of sp³-hybridized carbons (Fsp3) is 0.0455. The van der Waals surface area contributed by atoms with Gasteiger partial charge in [-0.05, 0) is 42.5 Å². The molecule has 4 rings (SSSR count). The summed E-state index contributed by atoms with van der Waals surface area (Å²) in [6, 6.07) is 15.6. The Hall–Kier alpha value is -4.33. The Balaban J connectivity index is 1.44. The summed E-state index contributed by atoms with van der Waals surface area (Å²) in [4.78, 5) is 33.2. The van der Waals surface area contributed by atoms with Crippen LogP contribution >= 0.6 is 0 Å². The second-order valence-electron chi connectivity index (χ2n) is 6.40. The second kappa shape index (κ2) is 8.78. The lowest BCUT2D eigenvalue weighted by atomic mass is 10.1. The van der Waals surface area contributed by atoms with Gasteiger partial charge in [0.15, 0.2) is 5.82 Å². The smallest absolute Gasteiger partial charge is 0.257 e. The molecule has 4 aromatic rings. The number of carbonyl (C=O) groups is 2. The van der Waals surface area contributed by atoms with E-state index >= 15 is 0 Å². The molecule has 8 nitrogen and oxygen atoms in total. The highest BCUT2D eigenvalue weighted by atomic mass is 16.2. The van der Waals surface area contributed by atoms with E-state index in [-0.39, 0.29) is 18.4 Å². The van der Waals surface area contributed by atoms with Gasteiger partial charge in [0.25, 0.3) is 11.8 Å². The van der Waals surface area contributed by atoms with Gasteiger partial charge in [-0.25, -0.2) is 9.67 Å². The predicted octanol–water partition coefficient (Wildman–Crippen LogP) is 2.84. The van der Waals surface area contributed by atoms with Gasteiger partial charge < -0.3 is 10.6 Å². The van der Waals surface area contributed by atoms with Gasteiger partial charge in [-0.3, -0.25) is 14.6 Å². The van der Waals surface area contributed by atoms with Crippen LogP contribution in [0.15, 0.2) is 85.6 Å². The number of pyridine rings is 2. The molecule has 0 aliphatic heterocycles. The number of hydrogen-bond acceptors (Lipinski definition) is 5. The van der Waals surface area contributed by atoms with Crippen molar-refractivity contribution in [2.75, 3.05) is 5.32 Å². The summed E-state index contributed by atoms with van der Waals surface area (Å²) in [5.74, 6) is 0.0999. The molecule has 0 saturated carbocycles. The van der Waals surface area contributed by atoms with E-state index in [1.54, 1.807) is 65.9 Å². The number of nitrogens with one attached hydrogen (secondary N) is 2. The van der Waals surface area contributed by atoms with Gasteiger partial charge in [-0.2, -0.15) is 5.10 Å². The standard InChI is InChI=1S/C22H18N6O2/c29-21(25-15-17-6-3-10-24-20(17)28-12-4-11-26-28)16-5-1-8-19(13-16)27-22(30)18-7-2-9-23-14-18/h1-14H,15H2,(H,25,29)(H,27,30). The molecule has 0 aliphatic carbocycles. The summed E-state index contributed by atoms with van der Waals surface area (Å²) >= 11 is 0. The molecule has 30 heavy (non-hydrogen) atoms. The highest BCUT2D eigenvalue weighted by molar-refractivity contribution is 6.04. The Kier molecular flexibility index (Phi) is 5.56. The lowest BCUT2D eigenvalue weighted by Crippen LogP contribution is -2.24. The zero-order chi connectivity index (χ0) is 20.8. The highest BCUT2D eigenvalue weighted by Gasteiger charge is 2.11. The maximum absolute atomic E-state index is 12.6. The lowest BCUT2D eigenvalue weighted by molar-refractivity contribution is 0.0949. The first-order chi connectivity index (χ1) is 14.7. The van der Waals surface area contributed by atoms with E-state index in [2.05, 4.69) is 25.7 Å². The van der Waals surface area contributed by atoms with Gasteiger partial charge in [0, 0.05) is 54.3 Å². The number of amides is 2. The van der Waals surface area contributed by atoms with Gasteiger partial charge in [0.1, 0.15) is 0 Å². The van der Waals surface area contributed by atoms with E-state index in [0.717, 1.165) is 5.56 Å². The summed E-state index contributed by atoms with van der Waals surface area (Å²) < 4.78 is 1.65. The molecule has 148 valence electrons. The molecule has 3 aromatic heterocycles. The van der Waals surface area contributed by atoms with Crippen molar-refractivity contribution in [3.8, 4) is 5.82 Å². The fourth-order valence-electron chi connectivity index (χ4n) is 2.88. The van der Waals surface area contributed by atoms with Crippen molar-refractivity contribution in [3.05, 3.63) is 102 Å². The third kappa shape index (κ3) is 4.39. The molecule has 0 spiro atoms. The van der Waals surface area contributed by atoms with Crippen molar-refractivity contribution in [1.29, 1.82) is 0 Å².